The quantitative estimate of drug-likeness (QED) is 0.732. The van der Waals surface area contributed by atoms with Crippen LogP contribution in [0.1, 0.15) is 33.1 Å². The normalized spacial score (nSPS) is 20.9. The predicted octanol–water partition coefficient (Wildman–Crippen LogP) is 3.16. The first-order chi connectivity index (χ1) is 11.0. The predicted molar refractivity (Wildman–Crippen MR) is 90.2 cm³/mol. The summed E-state index contributed by atoms with van der Waals surface area (Å²) in [6.45, 7) is 3.63. The molecule has 0 radical (unpaired) electrons. The molecule has 1 fully saturated rings. The molecule has 0 aromatic heterocycles. The summed E-state index contributed by atoms with van der Waals surface area (Å²) < 4.78 is 11.2. The van der Waals surface area contributed by atoms with Crippen LogP contribution in [0.4, 0.5) is 0 Å². The van der Waals surface area contributed by atoms with E-state index in [4.69, 9.17) is 9.47 Å². The molecule has 0 N–H and O–H groups in total. The number of benzene rings is 1. The Kier molecular flexibility index (Phi) is 6.45. The van der Waals surface area contributed by atoms with E-state index in [1.165, 1.54) is 0 Å². The van der Waals surface area contributed by atoms with Crippen molar-refractivity contribution in [1.29, 1.82) is 0 Å². The van der Waals surface area contributed by atoms with Gasteiger partial charge < -0.3 is 14.4 Å². The molecular formula is C17H22BrNO4. The van der Waals surface area contributed by atoms with E-state index in [1.807, 2.05) is 30.9 Å². The van der Waals surface area contributed by atoms with Gasteiger partial charge in [-0.3, -0.25) is 4.79 Å². The molecule has 1 heterocycles. The number of carbonyl (C=O) groups is 2. The first-order valence-electron chi connectivity index (χ1n) is 7.82. The Morgan fingerprint density at radius 2 is 1.91 bits per heavy atom. The van der Waals surface area contributed by atoms with Crippen LogP contribution in [0.25, 0.3) is 0 Å². The second-order valence-electron chi connectivity index (χ2n) is 5.84. The number of hydrogen-bond donors (Lipinski definition) is 0. The van der Waals surface area contributed by atoms with E-state index in [9.17, 15) is 9.59 Å². The van der Waals surface area contributed by atoms with Crippen LogP contribution in [0.5, 0.6) is 5.75 Å². The zero-order valence-corrected chi connectivity index (χ0v) is 15.0. The highest BCUT2D eigenvalue weighted by atomic mass is 79.9. The third kappa shape index (κ3) is 5.23. The van der Waals surface area contributed by atoms with Crippen LogP contribution in [-0.4, -0.2) is 42.1 Å². The zero-order chi connectivity index (χ0) is 16.8. The average Bonchev–Trinajstić information content (AvgIpc) is 2.51. The Hall–Kier alpha value is -1.56. The molecular weight excluding hydrogens is 362 g/mol. The lowest BCUT2D eigenvalue weighted by molar-refractivity contribution is -0.156. The average molecular weight is 384 g/mol. The van der Waals surface area contributed by atoms with Gasteiger partial charge in [-0.25, -0.2) is 4.79 Å². The minimum Gasteiger partial charge on any atom is -0.482 e. The highest BCUT2D eigenvalue weighted by molar-refractivity contribution is 9.10. The minimum atomic E-state index is -0.546. The molecule has 0 aliphatic carbocycles. The molecule has 0 spiro atoms. The van der Waals surface area contributed by atoms with Crippen molar-refractivity contribution < 1.29 is 19.1 Å². The van der Waals surface area contributed by atoms with Crippen LogP contribution >= 0.6 is 15.9 Å². The maximum absolute atomic E-state index is 12.2. The van der Waals surface area contributed by atoms with Gasteiger partial charge in [0.05, 0.1) is 0 Å². The summed E-state index contributed by atoms with van der Waals surface area (Å²) in [5.41, 5.74) is 0. The monoisotopic (exact) mass is 383 g/mol. The van der Waals surface area contributed by atoms with Crippen molar-refractivity contribution in [2.24, 2.45) is 0 Å². The van der Waals surface area contributed by atoms with Crippen molar-refractivity contribution in [2.75, 3.05) is 13.2 Å². The number of halogens is 1. The van der Waals surface area contributed by atoms with Crippen LogP contribution in [0.2, 0.25) is 0 Å². The van der Waals surface area contributed by atoms with E-state index in [2.05, 4.69) is 15.9 Å². The number of ether oxygens (including phenoxy) is 2. The number of piperidine rings is 1. The number of likely N-dealkylation sites (tertiary alicyclic amines) is 1. The van der Waals surface area contributed by atoms with Crippen LogP contribution < -0.4 is 4.74 Å². The van der Waals surface area contributed by atoms with Crippen LogP contribution in [0, 0.1) is 0 Å². The zero-order valence-electron chi connectivity index (χ0n) is 13.5. The molecule has 1 aromatic carbocycles. The molecule has 6 heteroatoms. The maximum Gasteiger partial charge on any atom is 0.344 e. The fourth-order valence-electron chi connectivity index (χ4n) is 2.87. The van der Waals surface area contributed by atoms with Crippen molar-refractivity contribution in [1.82, 2.24) is 4.90 Å². The summed E-state index contributed by atoms with van der Waals surface area (Å²) in [5.74, 6) is -0.114. The first-order valence-corrected chi connectivity index (χ1v) is 8.62. The second-order valence-corrected chi connectivity index (χ2v) is 6.75. The molecule has 23 heavy (non-hydrogen) atoms. The Bertz CT molecular complexity index is 553. The van der Waals surface area contributed by atoms with Gasteiger partial charge in [0, 0.05) is 16.6 Å². The Labute approximate surface area is 145 Å². The van der Waals surface area contributed by atoms with Crippen molar-refractivity contribution in [3.63, 3.8) is 0 Å². The topological polar surface area (TPSA) is 55.8 Å². The lowest BCUT2D eigenvalue weighted by Crippen LogP contribution is -2.49. The Morgan fingerprint density at radius 3 is 2.57 bits per heavy atom. The number of hydrogen-bond acceptors (Lipinski definition) is 4. The summed E-state index contributed by atoms with van der Waals surface area (Å²) in [6.07, 6.45) is 3.12. The standard InChI is InChI=1S/C17H22BrNO4/c1-12-5-3-6-13(2)19(12)16(20)10-23-17(21)11-22-15-8-4-7-14(18)9-15/h4,7-9,12-13H,3,5-6,10-11H2,1-2H3/t12-,13-/m0/s1. The molecule has 1 saturated heterocycles. The van der Waals surface area contributed by atoms with Gasteiger partial charge in [0.2, 0.25) is 0 Å². The molecule has 126 valence electrons. The van der Waals surface area contributed by atoms with E-state index >= 15 is 0 Å². The Morgan fingerprint density at radius 1 is 1.22 bits per heavy atom. The van der Waals surface area contributed by atoms with Crippen LogP contribution in [0.15, 0.2) is 28.7 Å². The van der Waals surface area contributed by atoms with Crippen molar-refractivity contribution in [3.8, 4) is 5.75 Å². The van der Waals surface area contributed by atoms with Gasteiger partial charge in [-0.15, -0.1) is 0 Å². The molecule has 1 amide bonds. The number of amides is 1. The van der Waals surface area contributed by atoms with Crippen LogP contribution in [-0.2, 0) is 14.3 Å². The van der Waals surface area contributed by atoms with E-state index in [0.717, 1.165) is 23.7 Å². The lowest BCUT2D eigenvalue weighted by atomic mass is 9.97. The third-order valence-corrected chi connectivity index (χ3v) is 4.48. The van der Waals surface area contributed by atoms with Crippen LogP contribution in [0.3, 0.4) is 0 Å². The summed E-state index contributed by atoms with van der Waals surface area (Å²) in [6, 6.07) is 7.58. The lowest BCUT2D eigenvalue weighted by Gasteiger charge is -2.38. The largest absolute Gasteiger partial charge is 0.482 e. The molecule has 2 rings (SSSR count). The van der Waals surface area contributed by atoms with Gasteiger partial charge in [-0.1, -0.05) is 22.0 Å². The molecule has 5 nitrogen and oxygen atoms in total. The summed E-state index contributed by atoms with van der Waals surface area (Å²) >= 11 is 3.33. The molecule has 1 aliphatic rings. The molecule has 0 bridgehead atoms. The van der Waals surface area contributed by atoms with E-state index in [1.54, 1.807) is 12.1 Å². The highest BCUT2D eigenvalue weighted by Crippen LogP contribution is 2.22. The second kappa shape index (κ2) is 8.34. The van der Waals surface area contributed by atoms with E-state index in [0.29, 0.717) is 5.75 Å². The number of esters is 1. The number of rotatable bonds is 5. The first kappa shape index (κ1) is 17.8. The van der Waals surface area contributed by atoms with E-state index < -0.39 is 5.97 Å². The minimum absolute atomic E-state index is 0.138. The summed E-state index contributed by atoms with van der Waals surface area (Å²) in [5, 5.41) is 0. The molecule has 0 saturated carbocycles. The number of nitrogens with zero attached hydrogens (tertiary/aromatic N) is 1. The smallest absolute Gasteiger partial charge is 0.344 e. The SMILES string of the molecule is C[C@H]1CCC[C@H](C)N1C(=O)COC(=O)COc1cccc(Br)c1. The third-order valence-electron chi connectivity index (χ3n) is 3.99. The molecule has 2 atom stereocenters. The maximum atomic E-state index is 12.2. The Balaban J connectivity index is 1.76. The van der Waals surface area contributed by atoms with E-state index in [-0.39, 0.29) is 31.2 Å². The summed E-state index contributed by atoms with van der Waals surface area (Å²) in [4.78, 5) is 25.8. The highest BCUT2D eigenvalue weighted by Gasteiger charge is 2.29. The van der Waals surface area contributed by atoms with Crippen molar-refractivity contribution >= 4 is 27.8 Å². The molecule has 0 unspecified atom stereocenters. The van der Waals surface area contributed by atoms with Gasteiger partial charge in [0.15, 0.2) is 13.2 Å². The van der Waals surface area contributed by atoms with Gasteiger partial charge in [-0.2, -0.15) is 0 Å². The number of carbonyl (C=O) groups excluding carboxylic acids is 2. The molecule has 1 aliphatic heterocycles. The van der Waals surface area contributed by atoms with Gasteiger partial charge >= 0.3 is 5.97 Å². The fourth-order valence-corrected chi connectivity index (χ4v) is 3.25. The van der Waals surface area contributed by atoms with Crippen molar-refractivity contribution in [3.05, 3.63) is 28.7 Å². The van der Waals surface area contributed by atoms with Gasteiger partial charge in [0.1, 0.15) is 5.75 Å². The van der Waals surface area contributed by atoms with Gasteiger partial charge in [-0.05, 0) is 51.3 Å². The fraction of sp³-hybridized carbons (Fsp3) is 0.529. The van der Waals surface area contributed by atoms with Crippen molar-refractivity contribution in [2.45, 2.75) is 45.2 Å². The summed E-state index contributed by atoms with van der Waals surface area (Å²) in [7, 11) is 0. The van der Waals surface area contributed by atoms with Gasteiger partial charge in [0.25, 0.3) is 5.91 Å². The molecule has 1 aromatic rings.